The number of rotatable bonds is 8. The van der Waals surface area contributed by atoms with Crippen LogP contribution in [0.5, 0.6) is 5.75 Å². The molecule has 0 spiro atoms. The van der Waals surface area contributed by atoms with Crippen LogP contribution < -0.4 is 10.1 Å². The highest BCUT2D eigenvalue weighted by molar-refractivity contribution is 5.92. The average molecular weight is 436 g/mol. The van der Waals surface area contributed by atoms with E-state index in [1.165, 1.54) is 18.9 Å². The van der Waals surface area contributed by atoms with Crippen LogP contribution in [0.25, 0.3) is 11.0 Å². The SMILES string of the molecule is CC(C)(CC(=O)Nc1nc2c(F)cc(OCc3ccccc3)cc2n1C1CCC1)C1CC1. The second-order valence-corrected chi connectivity index (χ2v) is 9.93. The topological polar surface area (TPSA) is 56.1 Å². The monoisotopic (exact) mass is 435 g/mol. The number of nitrogens with zero attached hydrogens (tertiary/aromatic N) is 2. The molecule has 1 amide bonds. The van der Waals surface area contributed by atoms with Crippen LogP contribution in [0.3, 0.4) is 0 Å². The van der Waals surface area contributed by atoms with Crippen molar-refractivity contribution >= 4 is 22.9 Å². The fourth-order valence-electron chi connectivity index (χ4n) is 4.65. The number of hydrogen-bond donors (Lipinski definition) is 1. The molecule has 32 heavy (non-hydrogen) atoms. The summed E-state index contributed by atoms with van der Waals surface area (Å²) >= 11 is 0. The summed E-state index contributed by atoms with van der Waals surface area (Å²) in [6.45, 7) is 4.66. The maximum absolute atomic E-state index is 15.0. The molecule has 2 aliphatic carbocycles. The molecule has 1 aromatic heterocycles. The van der Waals surface area contributed by atoms with Gasteiger partial charge in [-0.3, -0.25) is 10.1 Å². The van der Waals surface area contributed by atoms with E-state index in [9.17, 15) is 4.79 Å². The second-order valence-electron chi connectivity index (χ2n) is 9.93. The van der Waals surface area contributed by atoms with Crippen LogP contribution in [0.2, 0.25) is 0 Å². The van der Waals surface area contributed by atoms with Gasteiger partial charge in [-0.25, -0.2) is 9.37 Å². The van der Waals surface area contributed by atoms with Gasteiger partial charge >= 0.3 is 0 Å². The minimum absolute atomic E-state index is 0.0267. The molecule has 2 aromatic carbocycles. The number of nitrogens with one attached hydrogen (secondary N) is 1. The van der Waals surface area contributed by atoms with Crippen molar-refractivity contribution in [2.75, 3.05) is 5.32 Å². The fraction of sp³-hybridized carbons (Fsp3) is 0.462. The summed E-state index contributed by atoms with van der Waals surface area (Å²) in [6.07, 6.45) is 5.95. The Labute approximate surface area is 188 Å². The van der Waals surface area contributed by atoms with E-state index in [2.05, 4.69) is 24.1 Å². The molecule has 0 aliphatic heterocycles. The average Bonchev–Trinajstić information content (AvgIpc) is 3.52. The van der Waals surface area contributed by atoms with Gasteiger partial charge in [0.2, 0.25) is 11.9 Å². The Hall–Kier alpha value is -2.89. The summed E-state index contributed by atoms with van der Waals surface area (Å²) in [6, 6.07) is 13.3. The molecule has 0 atom stereocenters. The lowest BCUT2D eigenvalue weighted by Gasteiger charge is -2.29. The minimum Gasteiger partial charge on any atom is -0.489 e. The zero-order chi connectivity index (χ0) is 22.3. The zero-order valence-electron chi connectivity index (χ0n) is 18.7. The van der Waals surface area contributed by atoms with E-state index >= 15 is 4.39 Å². The number of carbonyl (C=O) groups excluding carboxylic acids is 1. The summed E-state index contributed by atoms with van der Waals surface area (Å²) < 4.78 is 22.9. The number of amides is 1. The van der Waals surface area contributed by atoms with Gasteiger partial charge in [-0.05, 0) is 49.0 Å². The summed E-state index contributed by atoms with van der Waals surface area (Å²) in [7, 11) is 0. The predicted octanol–water partition coefficient (Wildman–Crippen LogP) is 6.24. The number of hydrogen-bond acceptors (Lipinski definition) is 3. The molecule has 2 aliphatic rings. The van der Waals surface area contributed by atoms with Crippen LogP contribution in [-0.2, 0) is 11.4 Å². The maximum atomic E-state index is 15.0. The Bertz CT molecular complexity index is 1130. The van der Waals surface area contributed by atoms with Gasteiger partial charge in [0, 0.05) is 24.6 Å². The standard InChI is InChI=1S/C26H30FN3O2/c1-26(2,18-11-12-18)15-23(31)28-25-29-24-21(27)13-20(32-16-17-7-4-3-5-8-17)14-22(24)30(25)19-9-6-10-19/h3-5,7-8,13-14,18-19H,6,9-12,15-16H2,1-2H3,(H,28,29,31). The fourth-order valence-corrected chi connectivity index (χ4v) is 4.65. The van der Waals surface area contributed by atoms with Crippen molar-refractivity contribution in [2.24, 2.45) is 11.3 Å². The van der Waals surface area contributed by atoms with Crippen molar-refractivity contribution in [1.29, 1.82) is 0 Å². The predicted molar refractivity (Wildman–Crippen MR) is 123 cm³/mol. The molecule has 2 fully saturated rings. The zero-order valence-corrected chi connectivity index (χ0v) is 18.7. The molecule has 6 heteroatoms. The van der Waals surface area contributed by atoms with Gasteiger partial charge in [0.1, 0.15) is 17.9 Å². The smallest absolute Gasteiger partial charge is 0.227 e. The Kier molecular flexibility index (Phi) is 5.39. The number of aromatic nitrogens is 2. The van der Waals surface area contributed by atoms with E-state index in [0.29, 0.717) is 36.2 Å². The van der Waals surface area contributed by atoms with Crippen molar-refractivity contribution < 1.29 is 13.9 Å². The lowest BCUT2D eigenvalue weighted by molar-refractivity contribution is -0.118. The molecule has 3 aromatic rings. The van der Waals surface area contributed by atoms with E-state index in [0.717, 1.165) is 24.8 Å². The molecule has 0 saturated heterocycles. The van der Waals surface area contributed by atoms with Gasteiger partial charge in [-0.1, -0.05) is 44.2 Å². The molecule has 0 radical (unpaired) electrons. The molecule has 5 nitrogen and oxygen atoms in total. The molecule has 1 heterocycles. The number of fused-ring (bicyclic) bond motifs is 1. The van der Waals surface area contributed by atoms with Gasteiger partial charge in [0.05, 0.1) is 5.52 Å². The molecular formula is C26H30FN3O2. The molecule has 2 saturated carbocycles. The first kappa shape index (κ1) is 21.0. The number of carbonyl (C=O) groups is 1. The summed E-state index contributed by atoms with van der Waals surface area (Å²) in [5, 5.41) is 3.00. The number of benzene rings is 2. The normalized spacial score (nSPS) is 16.7. The Morgan fingerprint density at radius 3 is 2.59 bits per heavy atom. The first-order chi connectivity index (χ1) is 15.4. The molecule has 0 bridgehead atoms. The van der Waals surface area contributed by atoms with Crippen LogP contribution in [0.4, 0.5) is 10.3 Å². The highest BCUT2D eigenvalue weighted by atomic mass is 19.1. The van der Waals surface area contributed by atoms with Gasteiger partial charge < -0.3 is 9.30 Å². The van der Waals surface area contributed by atoms with E-state index in [4.69, 9.17) is 4.74 Å². The maximum Gasteiger partial charge on any atom is 0.227 e. The van der Waals surface area contributed by atoms with Gasteiger partial charge in [-0.2, -0.15) is 0 Å². The lowest BCUT2D eigenvalue weighted by Crippen LogP contribution is -2.26. The number of imidazole rings is 1. The molecule has 168 valence electrons. The number of anilines is 1. The first-order valence-corrected chi connectivity index (χ1v) is 11.6. The third-order valence-corrected chi connectivity index (χ3v) is 6.96. The summed E-state index contributed by atoms with van der Waals surface area (Å²) in [4.78, 5) is 17.4. The van der Waals surface area contributed by atoms with E-state index in [-0.39, 0.29) is 22.9 Å². The molecule has 1 N–H and O–H groups in total. The van der Waals surface area contributed by atoms with Crippen LogP contribution in [0.15, 0.2) is 42.5 Å². The Balaban J connectivity index is 1.42. The summed E-state index contributed by atoms with van der Waals surface area (Å²) in [5.41, 5.74) is 1.95. The van der Waals surface area contributed by atoms with Crippen LogP contribution in [0.1, 0.15) is 64.0 Å². The van der Waals surface area contributed by atoms with Crippen molar-refractivity contribution in [1.82, 2.24) is 9.55 Å². The van der Waals surface area contributed by atoms with Gasteiger partial charge in [-0.15, -0.1) is 0 Å². The molecule has 5 rings (SSSR count). The number of halogens is 1. The van der Waals surface area contributed by atoms with Crippen molar-refractivity contribution in [2.45, 2.75) is 65.0 Å². The minimum atomic E-state index is -0.433. The third-order valence-electron chi connectivity index (χ3n) is 6.96. The van der Waals surface area contributed by atoms with E-state index < -0.39 is 5.82 Å². The van der Waals surface area contributed by atoms with Crippen LogP contribution in [-0.4, -0.2) is 15.5 Å². The van der Waals surface area contributed by atoms with Gasteiger partial charge in [0.15, 0.2) is 5.82 Å². The van der Waals surface area contributed by atoms with Crippen molar-refractivity contribution in [3.05, 3.63) is 53.8 Å². The van der Waals surface area contributed by atoms with Crippen LogP contribution in [0, 0.1) is 17.2 Å². The van der Waals surface area contributed by atoms with Gasteiger partial charge in [0.25, 0.3) is 0 Å². The first-order valence-electron chi connectivity index (χ1n) is 11.6. The quantitative estimate of drug-likeness (QED) is 0.455. The highest BCUT2D eigenvalue weighted by Crippen LogP contribution is 2.47. The van der Waals surface area contributed by atoms with E-state index in [1.54, 1.807) is 0 Å². The second kappa shape index (κ2) is 8.23. The third kappa shape index (κ3) is 4.23. The molecule has 0 unspecified atom stereocenters. The summed E-state index contributed by atoms with van der Waals surface area (Å²) in [5.74, 6) is 1.03. The van der Waals surface area contributed by atoms with E-state index in [1.807, 2.05) is 41.0 Å². The van der Waals surface area contributed by atoms with Crippen LogP contribution >= 0.6 is 0 Å². The molecular weight excluding hydrogens is 405 g/mol. The van der Waals surface area contributed by atoms with Crippen molar-refractivity contribution in [3.63, 3.8) is 0 Å². The lowest BCUT2D eigenvalue weighted by atomic mass is 9.83. The van der Waals surface area contributed by atoms with Crippen molar-refractivity contribution in [3.8, 4) is 5.75 Å². The Morgan fingerprint density at radius 1 is 1.19 bits per heavy atom. The number of ether oxygens (including phenoxy) is 1. The highest BCUT2D eigenvalue weighted by Gasteiger charge is 2.39. The Morgan fingerprint density at radius 2 is 1.94 bits per heavy atom. The largest absolute Gasteiger partial charge is 0.489 e.